The number of nitrogens with zero attached hydrogens (tertiary/aromatic N) is 4. The Bertz CT molecular complexity index is 708. The molecule has 0 amide bonds. The fourth-order valence-electron chi connectivity index (χ4n) is 2.98. The van der Waals surface area contributed by atoms with Gasteiger partial charge in [0.05, 0.1) is 11.6 Å². The van der Waals surface area contributed by atoms with Gasteiger partial charge < -0.3 is 9.42 Å². The molecule has 0 bridgehead atoms. The highest BCUT2D eigenvalue weighted by molar-refractivity contribution is 5.55. The Morgan fingerprint density at radius 3 is 2.56 bits per heavy atom. The topological polar surface area (TPSA) is 45.4 Å². The van der Waals surface area contributed by atoms with Gasteiger partial charge in [-0.25, -0.2) is 0 Å². The first-order chi connectivity index (χ1) is 11.9. The number of hydrogen-bond donors (Lipinski definition) is 0. The van der Waals surface area contributed by atoms with E-state index in [0.29, 0.717) is 11.5 Å². The summed E-state index contributed by atoms with van der Waals surface area (Å²) >= 11 is 0. The fourth-order valence-corrected chi connectivity index (χ4v) is 2.98. The first-order valence-corrected chi connectivity index (χ1v) is 8.36. The molecule has 2 heterocycles. The number of halogens is 3. The normalized spacial score (nSPS) is 18.4. The molecule has 136 valence electrons. The molecule has 0 spiro atoms. The number of likely N-dealkylation sites (N-methyl/N-ethyl adjacent to an activating group) is 1. The summed E-state index contributed by atoms with van der Waals surface area (Å²) in [6.07, 6.45) is -4.39. The monoisotopic (exact) mass is 354 g/mol. The molecule has 1 fully saturated rings. The van der Waals surface area contributed by atoms with Crippen LogP contribution in [0.15, 0.2) is 28.8 Å². The van der Waals surface area contributed by atoms with Crippen LogP contribution in [0.4, 0.5) is 13.2 Å². The Morgan fingerprint density at radius 1 is 1.20 bits per heavy atom. The van der Waals surface area contributed by atoms with E-state index in [2.05, 4.69) is 26.9 Å². The molecule has 1 aromatic heterocycles. The van der Waals surface area contributed by atoms with Crippen molar-refractivity contribution >= 4 is 0 Å². The van der Waals surface area contributed by atoms with Crippen molar-refractivity contribution < 1.29 is 17.7 Å². The third-order valence-electron chi connectivity index (χ3n) is 4.65. The Kier molecular flexibility index (Phi) is 5.10. The van der Waals surface area contributed by atoms with Crippen LogP contribution in [0.5, 0.6) is 0 Å². The quantitative estimate of drug-likeness (QED) is 0.841. The number of hydrogen-bond acceptors (Lipinski definition) is 5. The third-order valence-corrected chi connectivity index (χ3v) is 4.65. The SMILES string of the molecule is CCN1CCN([C@@H](C)c2nc(-c3cccc(C(F)(F)F)c3)no2)CC1. The van der Waals surface area contributed by atoms with Crippen LogP contribution in [0, 0.1) is 0 Å². The van der Waals surface area contributed by atoms with Gasteiger partial charge in [0.25, 0.3) is 0 Å². The van der Waals surface area contributed by atoms with Crippen LogP contribution in [-0.4, -0.2) is 52.7 Å². The summed E-state index contributed by atoms with van der Waals surface area (Å²) in [5.74, 6) is 0.609. The maximum atomic E-state index is 12.8. The van der Waals surface area contributed by atoms with E-state index < -0.39 is 11.7 Å². The minimum atomic E-state index is -4.39. The summed E-state index contributed by atoms with van der Waals surface area (Å²) in [6.45, 7) is 8.91. The molecule has 25 heavy (non-hydrogen) atoms. The van der Waals surface area contributed by atoms with E-state index in [1.165, 1.54) is 6.07 Å². The molecule has 5 nitrogen and oxygen atoms in total. The largest absolute Gasteiger partial charge is 0.416 e. The van der Waals surface area contributed by atoms with Gasteiger partial charge in [-0.2, -0.15) is 18.2 Å². The molecule has 0 aliphatic carbocycles. The zero-order chi connectivity index (χ0) is 18.0. The van der Waals surface area contributed by atoms with E-state index in [1.807, 2.05) is 6.92 Å². The van der Waals surface area contributed by atoms with E-state index in [1.54, 1.807) is 6.07 Å². The first-order valence-electron chi connectivity index (χ1n) is 8.36. The van der Waals surface area contributed by atoms with Crippen LogP contribution in [-0.2, 0) is 6.18 Å². The maximum absolute atomic E-state index is 12.8. The summed E-state index contributed by atoms with van der Waals surface area (Å²) in [7, 11) is 0. The molecular formula is C17H21F3N4O. The van der Waals surface area contributed by atoms with E-state index in [-0.39, 0.29) is 11.9 Å². The highest BCUT2D eigenvalue weighted by Crippen LogP contribution is 2.32. The van der Waals surface area contributed by atoms with Crippen molar-refractivity contribution in [2.45, 2.75) is 26.1 Å². The van der Waals surface area contributed by atoms with Gasteiger partial charge in [-0.3, -0.25) is 4.90 Å². The summed E-state index contributed by atoms with van der Waals surface area (Å²) < 4.78 is 43.9. The van der Waals surface area contributed by atoms with Gasteiger partial charge in [-0.15, -0.1) is 0 Å². The Hall–Kier alpha value is -1.93. The van der Waals surface area contributed by atoms with Gasteiger partial charge in [0.1, 0.15) is 0 Å². The van der Waals surface area contributed by atoms with Crippen LogP contribution in [0.3, 0.4) is 0 Å². The Balaban J connectivity index is 1.74. The second-order valence-corrected chi connectivity index (χ2v) is 6.18. The van der Waals surface area contributed by atoms with Crippen molar-refractivity contribution in [1.29, 1.82) is 0 Å². The lowest BCUT2D eigenvalue weighted by Crippen LogP contribution is -2.46. The molecule has 8 heteroatoms. The second kappa shape index (κ2) is 7.13. The van der Waals surface area contributed by atoms with Crippen LogP contribution in [0.2, 0.25) is 0 Å². The molecule has 1 aromatic carbocycles. The van der Waals surface area contributed by atoms with Crippen LogP contribution >= 0.6 is 0 Å². The van der Waals surface area contributed by atoms with Crippen LogP contribution < -0.4 is 0 Å². The fraction of sp³-hybridized carbons (Fsp3) is 0.529. The van der Waals surface area contributed by atoms with Gasteiger partial charge in [0, 0.05) is 31.7 Å². The summed E-state index contributed by atoms with van der Waals surface area (Å²) in [5, 5.41) is 3.87. The van der Waals surface area contributed by atoms with E-state index in [0.717, 1.165) is 44.9 Å². The minimum Gasteiger partial charge on any atom is -0.337 e. The van der Waals surface area contributed by atoms with Crippen molar-refractivity contribution in [2.75, 3.05) is 32.7 Å². The lowest BCUT2D eigenvalue weighted by molar-refractivity contribution is -0.137. The predicted octanol–water partition coefficient (Wildman–Crippen LogP) is 3.45. The van der Waals surface area contributed by atoms with Crippen molar-refractivity contribution in [3.63, 3.8) is 0 Å². The number of benzene rings is 1. The molecule has 1 atom stereocenters. The third kappa shape index (κ3) is 4.01. The summed E-state index contributed by atoms with van der Waals surface area (Å²) in [5.41, 5.74) is -0.423. The zero-order valence-electron chi connectivity index (χ0n) is 14.3. The lowest BCUT2D eigenvalue weighted by Gasteiger charge is -2.36. The Morgan fingerprint density at radius 2 is 1.92 bits per heavy atom. The van der Waals surface area contributed by atoms with Crippen molar-refractivity contribution in [3.8, 4) is 11.4 Å². The molecule has 0 unspecified atom stereocenters. The van der Waals surface area contributed by atoms with Gasteiger partial charge in [-0.05, 0) is 25.6 Å². The molecule has 2 aromatic rings. The van der Waals surface area contributed by atoms with E-state index in [9.17, 15) is 13.2 Å². The van der Waals surface area contributed by atoms with Crippen molar-refractivity contribution in [2.24, 2.45) is 0 Å². The van der Waals surface area contributed by atoms with Crippen molar-refractivity contribution in [3.05, 3.63) is 35.7 Å². The van der Waals surface area contributed by atoms with Crippen LogP contribution in [0.25, 0.3) is 11.4 Å². The zero-order valence-corrected chi connectivity index (χ0v) is 14.3. The van der Waals surface area contributed by atoms with Gasteiger partial charge >= 0.3 is 6.18 Å². The molecule has 3 rings (SSSR count). The molecule has 1 aliphatic heterocycles. The maximum Gasteiger partial charge on any atom is 0.416 e. The lowest BCUT2D eigenvalue weighted by atomic mass is 10.1. The molecular weight excluding hydrogens is 333 g/mol. The van der Waals surface area contributed by atoms with Gasteiger partial charge in [0.15, 0.2) is 0 Å². The summed E-state index contributed by atoms with van der Waals surface area (Å²) in [6, 6.07) is 4.90. The summed E-state index contributed by atoms with van der Waals surface area (Å²) in [4.78, 5) is 8.93. The Labute approximate surface area is 144 Å². The smallest absolute Gasteiger partial charge is 0.337 e. The van der Waals surface area contributed by atoms with E-state index in [4.69, 9.17) is 4.52 Å². The number of aromatic nitrogens is 2. The number of piperazine rings is 1. The molecule has 1 saturated heterocycles. The average Bonchev–Trinajstić information content (AvgIpc) is 3.11. The predicted molar refractivity (Wildman–Crippen MR) is 86.8 cm³/mol. The average molecular weight is 354 g/mol. The van der Waals surface area contributed by atoms with Gasteiger partial charge in [0.2, 0.25) is 11.7 Å². The molecule has 0 radical (unpaired) electrons. The molecule has 0 N–H and O–H groups in total. The molecule has 1 aliphatic rings. The van der Waals surface area contributed by atoms with Gasteiger partial charge in [-0.1, -0.05) is 24.2 Å². The highest BCUT2D eigenvalue weighted by atomic mass is 19.4. The van der Waals surface area contributed by atoms with Crippen molar-refractivity contribution in [1.82, 2.24) is 19.9 Å². The highest BCUT2D eigenvalue weighted by Gasteiger charge is 2.31. The number of alkyl halides is 3. The molecule has 0 saturated carbocycles. The van der Waals surface area contributed by atoms with Crippen LogP contribution in [0.1, 0.15) is 31.3 Å². The first kappa shape index (κ1) is 17.9. The standard InChI is InChI=1S/C17H21F3N4O/c1-3-23-7-9-24(10-8-23)12(2)16-21-15(22-25-16)13-5-4-6-14(11-13)17(18,19)20/h4-6,11-12H,3,7-10H2,1-2H3/t12-/m0/s1. The number of rotatable bonds is 4. The van der Waals surface area contributed by atoms with E-state index >= 15 is 0 Å². The minimum absolute atomic E-state index is 0.0638. The second-order valence-electron chi connectivity index (χ2n) is 6.18.